The van der Waals surface area contributed by atoms with E-state index in [0.717, 1.165) is 39.6 Å². The number of carbonyl (C=O) groups is 1. The normalized spacial score (nSPS) is 14.0. The van der Waals surface area contributed by atoms with Crippen molar-refractivity contribution in [2.45, 2.75) is 26.2 Å². The van der Waals surface area contributed by atoms with Gasteiger partial charge >= 0.3 is 10.2 Å². The maximum Gasteiger partial charge on any atom is 0.326 e. The summed E-state index contributed by atoms with van der Waals surface area (Å²) >= 11 is 12.7. The first-order valence-electron chi connectivity index (χ1n) is 14.5. The molecule has 1 aliphatic heterocycles. The number of rotatable bonds is 10. The van der Waals surface area contributed by atoms with Crippen molar-refractivity contribution in [3.05, 3.63) is 119 Å². The molecule has 1 aliphatic rings. The van der Waals surface area contributed by atoms with Crippen LogP contribution in [0.1, 0.15) is 31.2 Å². The van der Waals surface area contributed by atoms with Gasteiger partial charge in [-0.2, -0.15) is 8.42 Å². The molecular weight excluding hydrogens is 631 g/mol. The Morgan fingerprint density at radius 1 is 0.911 bits per heavy atom. The molecule has 8 nitrogen and oxygen atoms in total. The number of nitrogens with one attached hydrogen (secondary N) is 1. The fourth-order valence-corrected chi connectivity index (χ4v) is 6.81. The minimum atomic E-state index is -3.96. The maximum atomic E-state index is 12.5. The van der Waals surface area contributed by atoms with Gasteiger partial charge in [-0.3, -0.25) is 4.79 Å². The van der Waals surface area contributed by atoms with Crippen LogP contribution >= 0.6 is 23.2 Å². The molecule has 230 valence electrons. The van der Waals surface area contributed by atoms with Crippen molar-refractivity contribution >= 4 is 45.0 Å². The fourth-order valence-electron chi connectivity index (χ4n) is 5.17. The van der Waals surface area contributed by atoms with Crippen LogP contribution in [0.5, 0.6) is 5.75 Å². The summed E-state index contributed by atoms with van der Waals surface area (Å²) in [5.74, 6) is 0.984. The number of anilines is 1. The van der Waals surface area contributed by atoms with Gasteiger partial charge in [0.05, 0.1) is 23.0 Å². The van der Waals surface area contributed by atoms with Crippen molar-refractivity contribution in [2.75, 3.05) is 17.5 Å². The Kier molecular flexibility index (Phi) is 8.85. The highest BCUT2D eigenvalue weighted by Crippen LogP contribution is 2.33. The summed E-state index contributed by atoms with van der Waals surface area (Å²) < 4.78 is 35.9. The second-order valence-electron chi connectivity index (χ2n) is 10.7. The summed E-state index contributed by atoms with van der Waals surface area (Å²) in [4.78, 5) is 16.8. The molecule has 0 unspecified atom stereocenters. The van der Waals surface area contributed by atoms with Crippen LogP contribution in [0, 0.1) is 0 Å². The molecule has 11 heteroatoms. The largest absolute Gasteiger partial charge is 0.494 e. The smallest absolute Gasteiger partial charge is 0.326 e. The van der Waals surface area contributed by atoms with Crippen molar-refractivity contribution in [3.63, 3.8) is 0 Å². The predicted octanol–water partition coefficient (Wildman–Crippen LogP) is 7.46. The van der Waals surface area contributed by atoms with Gasteiger partial charge < -0.3 is 9.30 Å². The van der Waals surface area contributed by atoms with E-state index in [1.807, 2.05) is 39.8 Å². The van der Waals surface area contributed by atoms with Gasteiger partial charge in [-0.25, -0.2) is 14.0 Å². The number of ether oxygens (including phenoxy) is 1. The zero-order valence-electron chi connectivity index (χ0n) is 24.4. The molecule has 0 atom stereocenters. The molecule has 0 spiro atoms. The zero-order chi connectivity index (χ0) is 31.6. The highest BCUT2D eigenvalue weighted by atomic mass is 35.5. The third-order valence-electron chi connectivity index (χ3n) is 7.45. The molecule has 0 radical (unpaired) electrons. The Hall–Kier alpha value is -4.31. The number of carbonyl (C=O) groups excluding carboxylic acids is 1. The second kappa shape index (κ2) is 13.0. The molecule has 1 aromatic heterocycles. The van der Waals surface area contributed by atoms with Crippen molar-refractivity contribution in [2.24, 2.45) is 0 Å². The van der Waals surface area contributed by atoms with E-state index in [-0.39, 0.29) is 6.54 Å². The molecule has 0 saturated carbocycles. The van der Waals surface area contributed by atoms with Gasteiger partial charge in [0.1, 0.15) is 18.1 Å². The highest BCUT2D eigenvalue weighted by Gasteiger charge is 2.34. The van der Waals surface area contributed by atoms with E-state index < -0.39 is 16.1 Å². The van der Waals surface area contributed by atoms with E-state index in [0.29, 0.717) is 51.5 Å². The zero-order valence-corrected chi connectivity index (χ0v) is 26.7. The average Bonchev–Trinajstić information content (AvgIpc) is 3.56. The van der Waals surface area contributed by atoms with Crippen molar-refractivity contribution < 1.29 is 17.9 Å². The van der Waals surface area contributed by atoms with Crippen LogP contribution in [0.2, 0.25) is 10.0 Å². The number of hydrogen-bond acceptors (Lipinski definition) is 5. The van der Waals surface area contributed by atoms with Gasteiger partial charge in [0, 0.05) is 28.9 Å². The third kappa shape index (κ3) is 6.86. The van der Waals surface area contributed by atoms with Crippen molar-refractivity contribution in [1.29, 1.82) is 0 Å². The van der Waals surface area contributed by atoms with E-state index in [4.69, 9.17) is 32.9 Å². The number of benzene rings is 4. The topological polar surface area (TPSA) is 93.5 Å². The lowest BCUT2D eigenvalue weighted by atomic mass is 10.0. The van der Waals surface area contributed by atoms with Gasteiger partial charge in [-0.15, -0.1) is 0 Å². The predicted molar refractivity (Wildman–Crippen MR) is 179 cm³/mol. The summed E-state index contributed by atoms with van der Waals surface area (Å²) in [6, 6.07) is 28.6. The molecule has 4 aromatic carbocycles. The molecule has 1 fully saturated rings. The molecule has 0 bridgehead atoms. The molecule has 1 saturated heterocycles. The molecular formula is C34H30Cl2N4O4S. The lowest BCUT2D eigenvalue weighted by molar-refractivity contribution is -0.117. The minimum absolute atomic E-state index is 0.283. The fraction of sp³-hybridized carbons (Fsp3) is 0.176. The number of aromatic nitrogens is 2. The molecule has 0 aliphatic carbocycles. The summed E-state index contributed by atoms with van der Waals surface area (Å²) in [5, 5.41) is 0.981. The standard InChI is InChI=1S/C34H30Cl2N4O4S/c1-2-3-16-44-29-9-4-6-25(18-29)24-12-10-23(11-13-24)17-33-37-32(30-15-14-26(35)19-31(30)36)21-39(33)27-7-5-8-28(20-27)40-22-34(41)38-45(40,42)43/h4-15,18-21H,2-3,16-17,22H2,1H3,(H,38,41). The van der Waals surface area contributed by atoms with E-state index in [9.17, 15) is 13.2 Å². The number of hydrogen-bond donors (Lipinski definition) is 1. The van der Waals surface area contributed by atoms with E-state index in [1.165, 1.54) is 0 Å². The van der Waals surface area contributed by atoms with Crippen LogP contribution in [0.4, 0.5) is 5.69 Å². The Morgan fingerprint density at radius 3 is 2.42 bits per heavy atom. The lowest BCUT2D eigenvalue weighted by Crippen LogP contribution is -2.29. The maximum absolute atomic E-state index is 12.5. The molecule has 1 N–H and O–H groups in total. The monoisotopic (exact) mass is 660 g/mol. The number of imidazole rings is 1. The lowest BCUT2D eigenvalue weighted by Gasteiger charge is -2.16. The van der Waals surface area contributed by atoms with Crippen LogP contribution in [0.25, 0.3) is 28.1 Å². The summed E-state index contributed by atoms with van der Waals surface area (Å²) in [6.07, 6.45) is 4.44. The quantitative estimate of drug-likeness (QED) is 0.157. The number of nitrogens with zero attached hydrogens (tertiary/aromatic N) is 3. The van der Waals surface area contributed by atoms with E-state index in [1.54, 1.807) is 30.3 Å². The summed E-state index contributed by atoms with van der Waals surface area (Å²) in [6.45, 7) is 2.55. The Morgan fingerprint density at radius 2 is 1.69 bits per heavy atom. The number of amides is 1. The van der Waals surface area contributed by atoms with Crippen LogP contribution in [0.15, 0.2) is 97.2 Å². The first-order chi connectivity index (χ1) is 21.7. The third-order valence-corrected chi connectivity index (χ3v) is 9.41. The Labute approximate surface area is 272 Å². The van der Waals surface area contributed by atoms with Crippen LogP contribution in [-0.2, 0) is 21.4 Å². The van der Waals surface area contributed by atoms with E-state index in [2.05, 4.69) is 43.3 Å². The first-order valence-corrected chi connectivity index (χ1v) is 16.7. The van der Waals surface area contributed by atoms with Crippen molar-refractivity contribution in [1.82, 2.24) is 14.3 Å². The van der Waals surface area contributed by atoms with Crippen molar-refractivity contribution in [3.8, 4) is 33.8 Å². The SMILES string of the molecule is CCCCOc1cccc(-c2ccc(Cc3nc(-c4ccc(Cl)cc4Cl)cn3-c3cccc(N4CC(=O)NS4(=O)=O)c3)cc2)c1. The Bertz CT molecular complexity index is 1980. The van der Waals surface area contributed by atoms with Crippen LogP contribution in [-0.4, -0.2) is 37.0 Å². The van der Waals surface area contributed by atoms with Gasteiger partial charge in [0.15, 0.2) is 0 Å². The number of unbranched alkanes of at least 4 members (excludes halogenated alkanes) is 1. The van der Waals surface area contributed by atoms with Gasteiger partial charge in [0.25, 0.3) is 5.91 Å². The minimum Gasteiger partial charge on any atom is -0.494 e. The summed E-state index contributed by atoms with van der Waals surface area (Å²) in [7, 11) is -3.96. The molecule has 1 amide bonds. The summed E-state index contributed by atoms with van der Waals surface area (Å²) in [5.41, 5.74) is 5.56. The highest BCUT2D eigenvalue weighted by molar-refractivity contribution is 7.92. The van der Waals surface area contributed by atoms with Gasteiger partial charge in [0.2, 0.25) is 0 Å². The van der Waals surface area contributed by atoms with Crippen LogP contribution in [0.3, 0.4) is 0 Å². The molecule has 45 heavy (non-hydrogen) atoms. The number of halogens is 2. The molecule has 5 aromatic rings. The average molecular weight is 662 g/mol. The second-order valence-corrected chi connectivity index (χ2v) is 13.1. The van der Waals surface area contributed by atoms with Crippen LogP contribution < -0.4 is 13.8 Å². The van der Waals surface area contributed by atoms with E-state index >= 15 is 0 Å². The van der Waals surface area contributed by atoms with Gasteiger partial charge in [-0.05, 0) is 71.6 Å². The Balaban J connectivity index is 1.33. The van der Waals surface area contributed by atoms with Gasteiger partial charge in [-0.1, -0.05) is 79.0 Å². The molecule has 2 heterocycles. The molecule has 6 rings (SSSR count). The first kappa shape index (κ1) is 30.7.